The summed E-state index contributed by atoms with van der Waals surface area (Å²) in [6.45, 7) is 2.17. The average Bonchev–Trinajstić information content (AvgIpc) is 2.96. The van der Waals surface area contributed by atoms with Gasteiger partial charge < -0.3 is 15.2 Å². The summed E-state index contributed by atoms with van der Waals surface area (Å²) in [6, 6.07) is 8.66. The van der Waals surface area contributed by atoms with Crippen LogP contribution < -0.4 is 10.1 Å². The number of thiophene rings is 1. The SMILES string of the molecule is O=C(O)c1cccc(OCCNCCc2ccsc2)c1. The van der Waals surface area contributed by atoms with E-state index in [1.165, 1.54) is 11.6 Å². The molecule has 1 heterocycles. The van der Waals surface area contributed by atoms with E-state index in [2.05, 4.69) is 22.1 Å². The third kappa shape index (κ3) is 4.68. The van der Waals surface area contributed by atoms with Crippen LogP contribution in [0.15, 0.2) is 41.1 Å². The predicted molar refractivity (Wildman–Crippen MR) is 79.8 cm³/mol. The molecule has 2 N–H and O–H groups in total. The number of benzene rings is 1. The highest BCUT2D eigenvalue weighted by Gasteiger charge is 2.03. The van der Waals surface area contributed by atoms with Crippen molar-refractivity contribution < 1.29 is 14.6 Å². The molecule has 2 aromatic rings. The van der Waals surface area contributed by atoms with E-state index in [0.29, 0.717) is 12.4 Å². The number of hydrogen-bond acceptors (Lipinski definition) is 4. The lowest BCUT2D eigenvalue weighted by atomic mass is 10.2. The third-order valence-electron chi connectivity index (χ3n) is 2.80. The van der Waals surface area contributed by atoms with Gasteiger partial charge in [0.15, 0.2) is 0 Å². The largest absolute Gasteiger partial charge is 0.492 e. The van der Waals surface area contributed by atoms with Crippen LogP contribution in [0.4, 0.5) is 0 Å². The normalized spacial score (nSPS) is 10.4. The van der Waals surface area contributed by atoms with Gasteiger partial charge in [-0.1, -0.05) is 6.07 Å². The number of carboxylic acid groups (broad SMARTS) is 1. The molecule has 0 saturated carbocycles. The van der Waals surface area contributed by atoms with Gasteiger partial charge in [0.2, 0.25) is 0 Å². The third-order valence-corrected chi connectivity index (χ3v) is 3.53. The first kappa shape index (κ1) is 14.6. The van der Waals surface area contributed by atoms with Crippen LogP contribution in [0, 0.1) is 0 Å². The summed E-state index contributed by atoms with van der Waals surface area (Å²) in [7, 11) is 0. The standard InChI is InChI=1S/C15H17NO3S/c17-15(18)13-2-1-3-14(10-13)19-8-7-16-6-4-12-5-9-20-11-12/h1-3,5,9-11,16H,4,6-8H2,(H,17,18). The number of carboxylic acids is 1. The van der Waals surface area contributed by atoms with Crippen molar-refractivity contribution in [3.05, 3.63) is 52.2 Å². The maximum atomic E-state index is 10.8. The van der Waals surface area contributed by atoms with E-state index >= 15 is 0 Å². The zero-order valence-electron chi connectivity index (χ0n) is 11.0. The van der Waals surface area contributed by atoms with Crippen LogP contribution in [0.3, 0.4) is 0 Å². The maximum absolute atomic E-state index is 10.8. The molecular formula is C15H17NO3S. The van der Waals surface area contributed by atoms with Crippen molar-refractivity contribution in [1.82, 2.24) is 5.32 Å². The van der Waals surface area contributed by atoms with Crippen LogP contribution in [0.5, 0.6) is 5.75 Å². The van der Waals surface area contributed by atoms with Gasteiger partial charge in [-0.2, -0.15) is 11.3 Å². The van der Waals surface area contributed by atoms with Crippen molar-refractivity contribution in [2.45, 2.75) is 6.42 Å². The van der Waals surface area contributed by atoms with Crippen LogP contribution in [0.1, 0.15) is 15.9 Å². The summed E-state index contributed by atoms with van der Waals surface area (Å²) in [4.78, 5) is 10.8. The van der Waals surface area contributed by atoms with Crippen LogP contribution in [0.2, 0.25) is 0 Å². The van der Waals surface area contributed by atoms with Crippen LogP contribution in [-0.4, -0.2) is 30.8 Å². The molecule has 1 aromatic carbocycles. The quantitative estimate of drug-likeness (QED) is 0.734. The number of aromatic carboxylic acids is 1. The first-order valence-corrected chi connectivity index (χ1v) is 7.38. The van der Waals surface area contributed by atoms with Gasteiger partial charge in [-0.05, 0) is 53.6 Å². The van der Waals surface area contributed by atoms with Crippen LogP contribution in [-0.2, 0) is 6.42 Å². The minimum Gasteiger partial charge on any atom is -0.492 e. The van der Waals surface area contributed by atoms with E-state index in [9.17, 15) is 4.79 Å². The Hall–Kier alpha value is -1.85. The predicted octanol–water partition coefficient (Wildman–Crippen LogP) is 2.66. The minimum absolute atomic E-state index is 0.243. The van der Waals surface area contributed by atoms with E-state index in [0.717, 1.165) is 19.5 Å². The summed E-state index contributed by atoms with van der Waals surface area (Å²) < 4.78 is 5.51. The highest BCUT2D eigenvalue weighted by molar-refractivity contribution is 7.07. The van der Waals surface area contributed by atoms with Gasteiger partial charge >= 0.3 is 5.97 Å². The lowest BCUT2D eigenvalue weighted by molar-refractivity contribution is 0.0696. The van der Waals surface area contributed by atoms with Gasteiger partial charge in [0.05, 0.1) is 5.56 Å². The maximum Gasteiger partial charge on any atom is 0.335 e. The Labute approximate surface area is 122 Å². The van der Waals surface area contributed by atoms with Gasteiger partial charge in [0, 0.05) is 6.54 Å². The number of hydrogen-bond donors (Lipinski definition) is 2. The Morgan fingerprint density at radius 2 is 2.20 bits per heavy atom. The fourth-order valence-corrected chi connectivity index (χ4v) is 2.46. The van der Waals surface area contributed by atoms with Crippen molar-refractivity contribution in [2.75, 3.05) is 19.7 Å². The molecule has 0 amide bonds. The van der Waals surface area contributed by atoms with Crippen LogP contribution in [0.25, 0.3) is 0 Å². The molecule has 0 aliphatic carbocycles. The van der Waals surface area contributed by atoms with Gasteiger partial charge in [0.1, 0.15) is 12.4 Å². The Kier molecular flexibility index (Phi) is 5.58. The summed E-state index contributed by atoms with van der Waals surface area (Å²) in [5.41, 5.74) is 1.59. The zero-order valence-corrected chi connectivity index (χ0v) is 11.9. The van der Waals surface area contributed by atoms with Gasteiger partial charge in [-0.3, -0.25) is 0 Å². The topological polar surface area (TPSA) is 58.6 Å². The highest BCUT2D eigenvalue weighted by Crippen LogP contribution is 2.12. The Morgan fingerprint density at radius 1 is 1.30 bits per heavy atom. The molecule has 2 rings (SSSR count). The second-order valence-electron chi connectivity index (χ2n) is 4.31. The molecule has 0 radical (unpaired) electrons. The Bertz CT molecular complexity index is 540. The number of rotatable bonds is 8. The molecule has 0 aliphatic heterocycles. The number of ether oxygens (including phenoxy) is 1. The van der Waals surface area contributed by atoms with Crippen molar-refractivity contribution in [2.24, 2.45) is 0 Å². The van der Waals surface area contributed by atoms with Gasteiger partial charge in [-0.15, -0.1) is 0 Å². The van der Waals surface area contributed by atoms with Crippen molar-refractivity contribution in [3.8, 4) is 5.75 Å². The molecule has 0 saturated heterocycles. The average molecular weight is 291 g/mol. The smallest absolute Gasteiger partial charge is 0.335 e. The lowest BCUT2D eigenvalue weighted by Gasteiger charge is -2.07. The first-order chi connectivity index (χ1) is 9.75. The summed E-state index contributed by atoms with van der Waals surface area (Å²) in [5.74, 6) is -0.353. The van der Waals surface area contributed by atoms with Crippen molar-refractivity contribution in [1.29, 1.82) is 0 Å². The molecule has 5 heteroatoms. The second kappa shape index (κ2) is 7.67. The van der Waals surface area contributed by atoms with Crippen LogP contribution >= 0.6 is 11.3 Å². The molecule has 0 atom stereocenters. The van der Waals surface area contributed by atoms with E-state index in [1.807, 2.05) is 0 Å². The first-order valence-electron chi connectivity index (χ1n) is 6.43. The molecule has 0 bridgehead atoms. The molecular weight excluding hydrogens is 274 g/mol. The fraction of sp³-hybridized carbons (Fsp3) is 0.267. The molecule has 4 nitrogen and oxygen atoms in total. The molecule has 0 fully saturated rings. The van der Waals surface area contributed by atoms with Crippen molar-refractivity contribution >= 4 is 17.3 Å². The molecule has 0 aliphatic rings. The summed E-state index contributed by atoms with van der Waals surface area (Å²) >= 11 is 1.71. The Balaban J connectivity index is 1.63. The molecule has 0 spiro atoms. The lowest BCUT2D eigenvalue weighted by Crippen LogP contribution is -2.23. The van der Waals surface area contributed by atoms with Crippen molar-refractivity contribution in [3.63, 3.8) is 0 Å². The summed E-state index contributed by atoms with van der Waals surface area (Å²) in [5, 5.41) is 16.4. The Morgan fingerprint density at radius 3 is 2.95 bits per heavy atom. The van der Waals surface area contributed by atoms with Gasteiger partial charge in [0.25, 0.3) is 0 Å². The molecule has 0 unspecified atom stereocenters. The second-order valence-corrected chi connectivity index (χ2v) is 5.09. The van der Waals surface area contributed by atoms with Gasteiger partial charge in [-0.25, -0.2) is 4.79 Å². The van der Waals surface area contributed by atoms with E-state index in [4.69, 9.17) is 9.84 Å². The number of carbonyl (C=O) groups is 1. The molecule has 20 heavy (non-hydrogen) atoms. The highest BCUT2D eigenvalue weighted by atomic mass is 32.1. The molecule has 106 valence electrons. The van der Waals surface area contributed by atoms with E-state index in [-0.39, 0.29) is 5.56 Å². The molecule has 1 aromatic heterocycles. The fourth-order valence-electron chi connectivity index (χ4n) is 1.75. The zero-order chi connectivity index (χ0) is 14.2. The van der Waals surface area contributed by atoms with E-state index < -0.39 is 5.97 Å². The minimum atomic E-state index is -0.940. The van der Waals surface area contributed by atoms with E-state index in [1.54, 1.807) is 29.5 Å². The monoisotopic (exact) mass is 291 g/mol. The number of nitrogens with one attached hydrogen (secondary N) is 1. The summed E-state index contributed by atoms with van der Waals surface area (Å²) in [6.07, 6.45) is 1.01.